The van der Waals surface area contributed by atoms with Gasteiger partial charge in [0, 0.05) is 6.20 Å². The van der Waals surface area contributed by atoms with Crippen LogP contribution >= 0.6 is 0 Å². The molecule has 3 rings (SSSR count). The van der Waals surface area contributed by atoms with Crippen LogP contribution in [0.4, 0.5) is 13.2 Å². The van der Waals surface area contributed by atoms with Crippen LogP contribution in [0.1, 0.15) is 36.2 Å². The van der Waals surface area contributed by atoms with Gasteiger partial charge in [-0.3, -0.25) is 9.20 Å². The quantitative estimate of drug-likeness (QED) is 0.755. The van der Waals surface area contributed by atoms with Crippen LogP contribution in [0.15, 0.2) is 48.7 Å². The third-order valence-corrected chi connectivity index (χ3v) is 4.15. The summed E-state index contributed by atoms with van der Waals surface area (Å²) < 4.78 is 39.9. The van der Waals surface area contributed by atoms with Crippen molar-refractivity contribution in [3.8, 4) is 0 Å². The molecular weight excluding hydrogens is 345 g/mol. The van der Waals surface area contributed by atoms with Gasteiger partial charge in [0.25, 0.3) is 0 Å². The first-order valence-electron chi connectivity index (χ1n) is 8.13. The number of nitrogens with zero attached hydrogens (tertiary/aromatic N) is 3. The molecule has 0 unspecified atom stereocenters. The summed E-state index contributed by atoms with van der Waals surface area (Å²) in [5.41, 5.74) is 0.378. The average molecular weight is 362 g/mol. The molecule has 1 amide bonds. The van der Waals surface area contributed by atoms with Gasteiger partial charge < -0.3 is 5.32 Å². The fraction of sp³-hybridized carbons (Fsp3) is 0.278. The number of benzene rings is 1. The number of rotatable bonds is 5. The Bertz CT molecular complexity index is 906. The Morgan fingerprint density at radius 2 is 1.88 bits per heavy atom. The smallest absolute Gasteiger partial charge is 0.348 e. The topological polar surface area (TPSA) is 59.3 Å². The second-order valence-corrected chi connectivity index (χ2v) is 5.85. The van der Waals surface area contributed by atoms with E-state index in [4.69, 9.17) is 0 Å². The van der Waals surface area contributed by atoms with Crippen molar-refractivity contribution < 1.29 is 18.0 Å². The van der Waals surface area contributed by atoms with Crippen molar-refractivity contribution in [1.82, 2.24) is 19.9 Å². The predicted octanol–water partition coefficient (Wildman–Crippen LogP) is 3.56. The first-order chi connectivity index (χ1) is 12.4. The lowest BCUT2D eigenvalue weighted by atomic mass is 9.96. The Balaban J connectivity index is 1.78. The first-order valence-corrected chi connectivity index (χ1v) is 8.13. The molecule has 0 saturated heterocycles. The highest BCUT2D eigenvalue weighted by Crippen LogP contribution is 2.29. The lowest BCUT2D eigenvalue weighted by molar-refractivity contribution is -0.137. The highest BCUT2D eigenvalue weighted by Gasteiger charge is 2.31. The number of halogens is 3. The third-order valence-electron chi connectivity index (χ3n) is 4.15. The summed E-state index contributed by atoms with van der Waals surface area (Å²) in [7, 11) is 0. The maximum Gasteiger partial charge on any atom is 0.417 e. The standard InChI is InChI=1S/C18H17F3N4O/c1-2-14(12-6-4-3-5-7-12)17(26)22-10-16-24-23-15-9-8-13(11-25(15)16)18(19,20)21/h3-9,11,14H,2,10H2,1H3,(H,22,26)/t14-/m0/s1. The Morgan fingerprint density at radius 1 is 1.15 bits per heavy atom. The SMILES string of the molecule is CC[C@H](C(=O)NCc1nnc2ccc(C(F)(F)F)cn12)c1ccccc1. The molecule has 0 saturated carbocycles. The predicted molar refractivity (Wildman–Crippen MR) is 89.3 cm³/mol. The molecule has 136 valence electrons. The molecular formula is C18H17F3N4O. The van der Waals surface area contributed by atoms with Crippen molar-refractivity contribution in [2.75, 3.05) is 0 Å². The fourth-order valence-corrected chi connectivity index (χ4v) is 2.77. The van der Waals surface area contributed by atoms with Crippen LogP contribution in [0.5, 0.6) is 0 Å². The van der Waals surface area contributed by atoms with Gasteiger partial charge in [-0.1, -0.05) is 37.3 Å². The summed E-state index contributed by atoms with van der Waals surface area (Å²) in [4.78, 5) is 12.5. The number of hydrogen-bond donors (Lipinski definition) is 1. The monoisotopic (exact) mass is 362 g/mol. The normalized spacial score (nSPS) is 12.9. The van der Waals surface area contributed by atoms with Gasteiger partial charge in [-0.2, -0.15) is 13.2 Å². The lowest BCUT2D eigenvalue weighted by Crippen LogP contribution is -2.29. The highest BCUT2D eigenvalue weighted by atomic mass is 19.4. The van der Waals surface area contributed by atoms with Gasteiger partial charge in [0.15, 0.2) is 11.5 Å². The van der Waals surface area contributed by atoms with E-state index >= 15 is 0 Å². The summed E-state index contributed by atoms with van der Waals surface area (Å²) in [5.74, 6) is -0.300. The average Bonchev–Trinajstić information content (AvgIpc) is 3.03. The van der Waals surface area contributed by atoms with Gasteiger partial charge in [0.05, 0.1) is 18.0 Å². The van der Waals surface area contributed by atoms with E-state index < -0.39 is 11.7 Å². The summed E-state index contributed by atoms with van der Waals surface area (Å²) in [6, 6.07) is 11.5. The Hall–Kier alpha value is -2.90. The number of nitrogens with one attached hydrogen (secondary N) is 1. The molecule has 0 aliphatic heterocycles. The molecule has 0 bridgehead atoms. The molecule has 0 radical (unpaired) electrons. The molecule has 1 aromatic carbocycles. The van der Waals surface area contributed by atoms with E-state index in [1.165, 1.54) is 10.5 Å². The van der Waals surface area contributed by atoms with E-state index in [9.17, 15) is 18.0 Å². The zero-order valence-corrected chi connectivity index (χ0v) is 14.0. The van der Waals surface area contributed by atoms with Crippen LogP contribution in [0.2, 0.25) is 0 Å². The minimum absolute atomic E-state index is 0.00928. The largest absolute Gasteiger partial charge is 0.417 e. The minimum Gasteiger partial charge on any atom is -0.348 e. The number of amides is 1. The van der Waals surface area contributed by atoms with Crippen LogP contribution in [-0.4, -0.2) is 20.5 Å². The van der Waals surface area contributed by atoms with Crippen molar-refractivity contribution in [2.24, 2.45) is 0 Å². The Labute approximate surface area is 147 Å². The van der Waals surface area contributed by atoms with Crippen molar-refractivity contribution >= 4 is 11.6 Å². The molecule has 0 aliphatic carbocycles. The maximum absolute atomic E-state index is 12.9. The number of carbonyl (C=O) groups excluding carboxylic acids is 1. The van der Waals surface area contributed by atoms with Gasteiger partial charge in [-0.25, -0.2) is 0 Å². The second-order valence-electron chi connectivity index (χ2n) is 5.85. The van der Waals surface area contributed by atoms with Gasteiger partial charge in [0.2, 0.25) is 5.91 Å². The zero-order chi connectivity index (χ0) is 18.7. The van der Waals surface area contributed by atoms with Gasteiger partial charge in [0.1, 0.15) is 0 Å². The lowest BCUT2D eigenvalue weighted by Gasteiger charge is -2.15. The van der Waals surface area contributed by atoms with Crippen LogP contribution in [0, 0.1) is 0 Å². The van der Waals surface area contributed by atoms with Gasteiger partial charge >= 0.3 is 6.18 Å². The number of alkyl halides is 3. The molecule has 26 heavy (non-hydrogen) atoms. The second kappa shape index (κ2) is 7.15. The van der Waals surface area contributed by atoms with Crippen LogP contribution < -0.4 is 5.32 Å². The molecule has 1 atom stereocenters. The third kappa shape index (κ3) is 3.68. The fourth-order valence-electron chi connectivity index (χ4n) is 2.77. The number of fused-ring (bicyclic) bond motifs is 1. The molecule has 2 aromatic heterocycles. The Kier molecular flexibility index (Phi) is 4.92. The zero-order valence-electron chi connectivity index (χ0n) is 14.0. The minimum atomic E-state index is -4.46. The Morgan fingerprint density at radius 3 is 2.54 bits per heavy atom. The van der Waals surface area contributed by atoms with E-state index in [0.29, 0.717) is 6.42 Å². The molecule has 0 spiro atoms. The van der Waals surface area contributed by atoms with E-state index in [2.05, 4.69) is 15.5 Å². The van der Waals surface area contributed by atoms with Crippen LogP contribution in [0.3, 0.4) is 0 Å². The van der Waals surface area contributed by atoms with Crippen molar-refractivity contribution in [1.29, 1.82) is 0 Å². The molecule has 2 heterocycles. The first kappa shape index (κ1) is 17.9. The number of aromatic nitrogens is 3. The van der Waals surface area contributed by atoms with Crippen LogP contribution in [-0.2, 0) is 17.5 Å². The number of carbonyl (C=O) groups is 1. The van der Waals surface area contributed by atoms with Crippen molar-refractivity contribution in [3.05, 3.63) is 65.6 Å². The molecule has 5 nitrogen and oxygen atoms in total. The molecule has 8 heteroatoms. The number of hydrogen-bond acceptors (Lipinski definition) is 3. The van der Waals surface area contributed by atoms with Gasteiger partial charge in [-0.05, 0) is 24.1 Å². The summed E-state index contributed by atoms with van der Waals surface area (Å²) in [6.45, 7) is 1.89. The van der Waals surface area contributed by atoms with E-state index in [1.54, 1.807) is 0 Å². The van der Waals surface area contributed by atoms with Gasteiger partial charge in [-0.15, -0.1) is 10.2 Å². The van der Waals surface area contributed by atoms with Crippen LogP contribution in [0.25, 0.3) is 5.65 Å². The van der Waals surface area contributed by atoms with Crippen molar-refractivity contribution in [3.63, 3.8) is 0 Å². The molecule has 1 N–H and O–H groups in total. The molecule has 0 aliphatic rings. The summed E-state index contributed by atoms with van der Waals surface area (Å²) >= 11 is 0. The number of pyridine rings is 1. The van der Waals surface area contributed by atoms with E-state index in [1.807, 2.05) is 37.3 Å². The van der Waals surface area contributed by atoms with E-state index in [-0.39, 0.29) is 29.8 Å². The summed E-state index contributed by atoms with van der Waals surface area (Å²) in [5, 5.41) is 10.5. The van der Waals surface area contributed by atoms with Crippen molar-refractivity contribution in [2.45, 2.75) is 32.0 Å². The molecule has 0 fully saturated rings. The highest BCUT2D eigenvalue weighted by molar-refractivity contribution is 5.83. The molecule has 3 aromatic rings. The summed E-state index contributed by atoms with van der Waals surface area (Å²) in [6.07, 6.45) is -2.92. The maximum atomic E-state index is 12.9. The van der Waals surface area contributed by atoms with E-state index in [0.717, 1.165) is 17.8 Å².